The first kappa shape index (κ1) is 16.9. The Morgan fingerprint density at radius 1 is 1.50 bits per heavy atom. The molecule has 0 heterocycles. The molecular weight excluding hydrogens is 350 g/mol. The average molecular weight is 366 g/mol. The largest absolute Gasteiger partial charge is 0.497 e. The molecule has 0 radical (unpaired) electrons. The van der Waals surface area contributed by atoms with Crippen LogP contribution in [0.3, 0.4) is 0 Å². The number of hydrogen-bond acceptors (Lipinski definition) is 4. The van der Waals surface area contributed by atoms with Gasteiger partial charge in [0.2, 0.25) is 10.0 Å². The molecule has 1 rings (SSSR count). The highest BCUT2D eigenvalue weighted by Gasteiger charge is 2.27. The topological polar surface area (TPSA) is 83.9 Å². The molecule has 8 heteroatoms. The number of rotatable bonds is 6. The maximum absolute atomic E-state index is 12.4. The lowest BCUT2D eigenvalue weighted by Crippen LogP contribution is -2.33. The standard InChI is InChI=1S/C12H16BrNO5S/c1-8(12(15)16)7-14(2)20(17,18)11-6-9(19-3)4-5-10(11)13/h4-6,8H,7H2,1-3H3,(H,15,16). The van der Waals surface area contributed by atoms with Gasteiger partial charge < -0.3 is 9.84 Å². The summed E-state index contributed by atoms with van der Waals surface area (Å²) in [5.74, 6) is -1.43. The van der Waals surface area contributed by atoms with Gasteiger partial charge in [0, 0.05) is 24.1 Å². The van der Waals surface area contributed by atoms with Crippen LogP contribution in [0.1, 0.15) is 6.92 Å². The van der Waals surface area contributed by atoms with Crippen molar-refractivity contribution < 1.29 is 23.1 Å². The zero-order valence-electron chi connectivity index (χ0n) is 11.3. The minimum Gasteiger partial charge on any atom is -0.497 e. The summed E-state index contributed by atoms with van der Waals surface area (Å²) in [6, 6.07) is 4.59. The van der Waals surface area contributed by atoms with Crippen LogP contribution in [0.15, 0.2) is 27.6 Å². The fourth-order valence-corrected chi connectivity index (χ4v) is 3.73. The van der Waals surface area contributed by atoms with Crippen molar-refractivity contribution in [3.63, 3.8) is 0 Å². The molecule has 1 atom stereocenters. The van der Waals surface area contributed by atoms with Crippen LogP contribution in [-0.4, -0.2) is 44.5 Å². The van der Waals surface area contributed by atoms with Crippen LogP contribution in [0, 0.1) is 5.92 Å². The average Bonchev–Trinajstić information content (AvgIpc) is 2.38. The van der Waals surface area contributed by atoms with Crippen molar-refractivity contribution in [1.82, 2.24) is 4.31 Å². The quantitative estimate of drug-likeness (QED) is 0.830. The number of carboxylic acid groups (broad SMARTS) is 1. The SMILES string of the molecule is COc1ccc(Br)c(S(=O)(=O)N(C)CC(C)C(=O)O)c1. The van der Waals surface area contributed by atoms with Gasteiger partial charge in [0.15, 0.2) is 0 Å². The van der Waals surface area contributed by atoms with Gasteiger partial charge in [0.1, 0.15) is 10.6 Å². The van der Waals surface area contributed by atoms with Crippen LogP contribution in [0.5, 0.6) is 5.75 Å². The van der Waals surface area contributed by atoms with E-state index in [-0.39, 0.29) is 11.4 Å². The lowest BCUT2D eigenvalue weighted by atomic mass is 10.2. The molecule has 1 aromatic rings. The minimum atomic E-state index is -3.79. The van der Waals surface area contributed by atoms with Gasteiger partial charge in [-0.3, -0.25) is 4.79 Å². The number of carbonyl (C=O) groups is 1. The summed E-state index contributed by atoms with van der Waals surface area (Å²) in [5.41, 5.74) is 0. The Bertz CT molecular complexity index is 602. The predicted molar refractivity (Wildman–Crippen MR) is 77.3 cm³/mol. The third-order valence-corrected chi connectivity index (χ3v) is 5.60. The summed E-state index contributed by atoms with van der Waals surface area (Å²) >= 11 is 3.18. The van der Waals surface area contributed by atoms with Crippen molar-refractivity contribution in [2.75, 3.05) is 20.7 Å². The Morgan fingerprint density at radius 3 is 2.60 bits per heavy atom. The second kappa shape index (κ2) is 6.55. The van der Waals surface area contributed by atoms with Crippen LogP contribution in [0.2, 0.25) is 0 Å². The number of nitrogens with zero attached hydrogens (tertiary/aromatic N) is 1. The summed E-state index contributed by atoms with van der Waals surface area (Å²) in [7, 11) is -0.999. The molecule has 0 aliphatic heterocycles. The number of sulfonamides is 1. The summed E-state index contributed by atoms with van der Waals surface area (Å²) in [6.45, 7) is 1.34. The molecule has 0 fully saturated rings. The smallest absolute Gasteiger partial charge is 0.307 e. The normalized spacial score (nSPS) is 13.2. The van der Waals surface area contributed by atoms with E-state index < -0.39 is 21.9 Å². The van der Waals surface area contributed by atoms with E-state index in [9.17, 15) is 13.2 Å². The molecule has 0 saturated heterocycles. The summed E-state index contributed by atoms with van der Waals surface area (Å²) < 4.78 is 31.3. The van der Waals surface area contributed by atoms with Gasteiger partial charge in [-0.05, 0) is 28.1 Å². The third kappa shape index (κ3) is 3.71. The molecule has 112 valence electrons. The highest BCUT2D eigenvalue weighted by atomic mass is 79.9. The Hall–Kier alpha value is -1.12. The molecule has 20 heavy (non-hydrogen) atoms. The van der Waals surface area contributed by atoms with Crippen LogP contribution in [0.4, 0.5) is 0 Å². The maximum atomic E-state index is 12.4. The lowest BCUT2D eigenvalue weighted by Gasteiger charge is -2.20. The van der Waals surface area contributed by atoms with Crippen molar-refractivity contribution in [1.29, 1.82) is 0 Å². The van der Waals surface area contributed by atoms with Gasteiger partial charge in [-0.2, -0.15) is 0 Å². The molecule has 0 aromatic heterocycles. The van der Waals surface area contributed by atoms with Crippen molar-refractivity contribution in [3.8, 4) is 5.75 Å². The van der Waals surface area contributed by atoms with Crippen LogP contribution in [-0.2, 0) is 14.8 Å². The van der Waals surface area contributed by atoms with E-state index in [1.807, 2.05) is 0 Å². The molecule has 1 N–H and O–H groups in total. The van der Waals surface area contributed by atoms with E-state index in [0.717, 1.165) is 4.31 Å². The first-order valence-electron chi connectivity index (χ1n) is 5.72. The first-order chi connectivity index (χ1) is 9.20. The van der Waals surface area contributed by atoms with E-state index in [4.69, 9.17) is 9.84 Å². The Balaban J connectivity index is 3.13. The van der Waals surface area contributed by atoms with E-state index >= 15 is 0 Å². The Kier molecular flexibility index (Phi) is 5.55. The fourth-order valence-electron chi connectivity index (χ4n) is 1.54. The number of carboxylic acids is 1. The van der Waals surface area contributed by atoms with Crippen LogP contribution < -0.4 is 4.74 Å². The monoisotopic (exact) mass is 365 g/mol. The predicted octanol–water partition coefficient (Wildman–Crippen LogP) is 1.80. The number of aliphatic carboxylic acids is 1. The first-order valence-corrected chi connectivity index (χ1v) is 7.96. The third-order valence-electron chi connectivity index (χ3n) is 2.78. The van der Waals surface area contributed by atoms with E-state index in [0.29, 0.717) is 10.2 Å². The molecule has 1 unspecified atom stereocenters. The Morgan fingerprint density at radius 2 is 2.10 bits per heavy atom. The van der Waals surface area contributed by atoms with Gasteiger partial charge >= 0.3 is 5.97 Å². The molecule has 0 aliphatic carbocycles. The van der Waals surface area contributed by atoms with Crippen LogP contribution in [0.25, 0.3) is 0 Å². The van der Waals surface area contributed by atoms with Gasteiger partial charge in [-0.1, -0.05) is 6.92 Å². The molecule has 6 nitrogen and oxygen atoms in total. The summed E-state index contributed by atoms with van der Waals surface area (Å²) in [4.78, 5) is 10.9. The van der Waals surface area contributed by atoms with Gasteiger partial charge in [0.25, 0.3) is 0 Å². The van der Waals surface area contributed by atoms with Gasteiger partial charge in [-0.15, -0.1) is 0 Å². The van der Waals surface area contributed by atoms with Crippen LogP contribution >= 0.6 is 15.9 Å². The number of hydrogen-bond donors (Lipinski definition) is 1. The van der Waals surface area contributed by atoms with Crippen molar-refractivity contribution in [2.45, 2.75) is 11.8 Å². The molecule has 0 aliphatic rings. The van der Waals surface area contributed by atoms with E-state index in [1.165, 1.54) is 27.1 Å². The second-order valence-electron chi connectivity index (χ2n) is 4.32. The highest BCUT2D eigenvalue weighted by Crippen LogP contribution is 2.28. The number of benzene rings is 1. The zero-order chi connectivity index (χ0) is 15.5. The van der Waals surface area contributed by atoms with Gasteiger partial charge in [0.05, 0.1) is 13.0 Å². The number of methoxy groups -OCH3 is 1. The molecule has 1 aromatic carbocycles. The van der Waals surface area contributed by atoms with Crippen molar-refractivity contribution in [3.05, 3.63) is 22.7 Å². The zero-order valence-corrected chi connectivity index (χ0v) is 13.7. The van der Waals surface area contributed by atoms with Crippen molar-refractivity contribution >= 4 is 31.9 Å². The van der Waals surface area contributed by atoms with E-state index in [2.05, 4.69) is 15.9 Å². The molecule has 0 bridgehead atoms. The number of ether oxygens (including phenoxy) is 1. The summed E-state index contributed by atoms with van der Waals surface area (Å²) in [5, 5.41) is 8.85. The maximum Gasteiger partial charge on any atom is 0.307 e. The molecular formula is C12H16BrNO5S. The Labute approximate surface area is 126 Å². The second-order valence-corrected chi connectivity index (χ2v) is 7.19. The number of halogens is 1. The van der Waals surface area contributed by atoms with Crippen molar-refractivity contribution in [2.24, 2.45) is 5.92 Å². The van der Waals surface area contributed by atoms with E-state index in [1.54, 1.807) is 12.1 Å². The fraction of sp³-hybridized carbons (Fsp3) is 0.417. The molecule has 0 spiro atoms. The summed E-state index contributed by atoms with van der Waals surface area (Å²) in [6.07, 6.45) is 0. The molecule has 0 saturated carbocycles. The molecule has 0 amide bonds. The minimum absolute atomic E-state index is 0.0388. The lowest BCUT2D eigenvalue weighted by molar-refractivity contribution is -0.141. The van der Waals surface area contributed by atoms with Gasteiger partial charge in [-0.25, -0.2) is 12.7 Å². The highest BCUT2D eigenvalue weighted by molar-refractivity contribution is 9.10.